The maximum atomic E-state index is 11.9. The first-order valence-electron chi connectivity index (χ1n) is 6.67. The van der Waals surface area contributed by atoms with Gasteiger partial charge in [-0.25, -0.2) is 9.97 Å². The third-order valence-corrected chi connectivity index (χ3v) is 2.89. The fourth-order valence-corrected chi connectivity index (χ4v) is 1.80. The van der Waals surface area contributed by atoms with Crippen LogP contribution in [0.3, 0.4) is 0 Å². The number of hydrogen-bond acceptors (Lipinski definition) is 4. The van der Waals surface area contributed by atoms with E-state index in [1.54, 1.807) is 6.07 Å². The average molecular weight is 250 g/mol. The van der Waals surface area contributed by atoms with E-state index >= 15 is 0 Å². The molecule has 0 unspecified atom stereocenters. The van der Waals surface area contributed by atoms with Crippen LogP contribution in [0.25, 0.3) is 0 Å². The summed E-state index contributed by atoms with van der Waals surface area (Å²) in [7, 11) is 1.53. The number of ketones is 1. The molecule has 0 aliphatic heterocycles. The lowest BCUT2D eigenvalue weighted by Crippen LogP contribution is -2.03. The molecule has 4 nitrogen and oxygen atoms in total. The fraction of sp³-hybridized carbons (Fsp3) is 0.643. The molecule has 100 valence electrons. The highest BCUT2D eigenvalue weighted by molar-refractivity contribution is 5.94. The van der Waals surface area contributed by atoms with Gasteiger partial charge in [0.1, 0.15) is 12.0 Å². The summed E-state index contributed by atoms with van der Waals surface area (Å²) in [5.41, 5.74) is 0.454. The number of Topliss-reactive ketones (excluding diaryl/α,β-unsaturated/α-hetero) is 1. The first kappa shape index (κ1) is 14.6. The fourth-order valence-electron chi connectivity index (χ4n) is 1.80. The molecule has 18 heavy (non-hydrogen) atoms. The van der Waals surface area contributed by atoms with E-state index in [0.29, 0.717) is 18.0 Å². The SMILES string of the molecule is CCCCCCCCC(=O)c1cc(OC)ncn1. The summed E-state index contributed by atoms with van der Waals surface area (Å²) in [6.07, 6.45) is 9.01. The van der Waals surface area contributed by atoms with Gasteiger partial charge in [-0.05, 0) is 6.42 Å². The Balaban J connectivity index is 2.27. The van der Waals surface area contributed by atoms with Crippen molar-refractivity contribution in [2.24, 2.45) is 0 Å². The van der Waals surface area contributed by atoms with Gasteiger partial charge in [0.2, 0.25) is 5.88 Å². The molecule has 0 aliphatic rings. The highest BCUT2D eigenvalue weighted by atomic mass is 16.5. The number of unbranched alkanes of at least 4 members (excludes halogenated alkanes) is 5. The van der Waals surface area contributed by atoms with Crippen LogP contribution in [-0.2, 0) is 0 Å². The molecule has 0 aliphatic carbocycles. The van der Waals surface area contributed by atoms with Crippen molar-refractivity contribution in [3.8, 4) is 5.88 Å². The molecule has 4 heteroatoms. The lowest BCUT2D eigenvalue weighted by Gasteiger charge is -2.02. The smallest absolute Gasteiger partial charge is 0.216 e. The summed E-state index contributed by atoms with van der Waals surface area (Å²) >= 11 is 0. The van der Waals surface area contributed by atoms with Gasteiger partial charge in [0, 0.05) is 12.5 Å². The van der Waals surface area contributed by atoms with E-state index < -0.39 is 0 Å². The Morgan fingerprint density at radius 1 is 1.17 bits per heavy atom. The molecule has 0 atom stereocenters. The predicted octanol–water partition coefficient (Wildman–Crippen LogP) is 3.42. The van der Waals surface area contributed by atoms with E-state index in [4.69, 9.17) is 4.74 Å². The van der Waals surface area contributed by atoms with Crippen LogP contribution in [0.4, 0.5) is 0 Å². The summed E-state index contributed by atoms with van der Waals surface area (Å²) < 4.78 is 4.97. The van der Waals surface area contributed by atoms with Crippen molar-refractivity contribution in [2.45, 2.75) is 51.9 Å². The van der Waals surface area contributed by atoms with Crippen LogP contribution in [0.5, 0.6) is 5.88 Å². The minimum atomic E-state index is 0.0752. The van der Waals surface area contributed by atoms with Gasteiger partial charge < -0.3 is 4.74 Å². The minimum Gasteiger partial charge on any atom is -0.481 e. The predicted molar refractivity (Wildman–Crippen MR) is 70.9 cm³/mol. The molecule has 0 radical (unpaired) electrons. The van der Waals surface area contributed by atoms with Crippen LogP contribution in [0.2, 0.25) is 0 Å². The highest BCUT2D eigenvalue weighted by Crippen LogP contribution is 2.12. The van der Waals surface area contributed by atoms with Gasteiger partial charge in [0.15, 0.2) is 5.78 Å². The van der Waals surface area contributed by atoms with E-state index in [2.05, 4.69) is 16.9 Å². The van der Waals surface area contributed by atoms with Gasteiger partial charge in [0.25, 0.3) is 0 Å². The van der Waals surface area contributed by atoms with Gasteiger partial charge in [-0.3, -0.25) is 4.79 Å². The van der Waals surface area contributed by atoms with Gasteiger partial charge in [-0.15, -0.1) is 0 Å². The second-order valence-corrected chi connectivity index (χ2v) is 4.39. The number of carbonyl (C=O) groups excluding carboxylic acids is 1. The van der Waals surface area contributed by atoms with Crippen molar-refractivity contribution >= 4 is 5.78 Å². The summed E-state index contributed by atoms with van der Waals surface area (Å²) in [6.45, 7) is 2.20. The van der Waals surface area contributed by atoms with Gasteiger partial charge in [0.05, 0.1) is 7.11 Å². The zero-order chi connectivity index (χ0) is 13.2. The topological polar surface area (TPSA) is 52.1 Å². The van der Waals surface area contributed by atoms with Crippen LogP contribution >= 0.6 is 0 Å². The van der Waals surface area contributed by atoms with Crippen LogP contribution in [0.1, 0.15) is 62.4 Å². The summed E-state index contributed by atoms with van der Waals surface area (Å²) in [6, 6.07) is 1.60. The lowest BCUT2D eigenvalue weighted by atomic mass is 10.1. The molecule has 1 heterocycles. The molecule has 1 aromatic heterocycles. The molecular weight excluding hydrogens is 228 g/mol. The monoisotopic (exact) mass is 250 g/mol. The molecule has 0 saturated carbocycles. The van der Waals surface area contributed by atoms with Crippen molar-refractivity contribution in [1.82, 2.24) is 9.97 Å². The van der Waals surface area contributed by atoms with Gasteiger partial charge >= 0.3 is 0 Å². The van der Waals surface area contributed by atoms with Crippen molar-refractivity contribution in [2.75, 3.05) is 7.11 Å². The Kier molecular flexibility index (Phi) is 6.99. The van der Waals surface area contributed by atoms with Crippen LogP contribution in [0.15, 0.2) is 12.4 Å². The van der Waals surface area contributed by atoms with E-state index in [-0.39, 0.29) is 5.78 Å². The number of carbonyl (C=O) groups is 1. The number of aromatic nitrogens is 2. The maximum Gasteiger partial charge on any atom is 0.216 e. The molecule has 0 saturated heterocycles. The molecule has 0 aromatic carbocycles. The number of ether oxygens (including phenoxy) is 1. The number of methoxy groups -OCH3 is 1. The van der Waals surface area contributed by atoms with E-state index in [9.17, 15) is 4.79 Å². The Morgan fingerprint density at radius 2 is 1.89 bits per heavy atom. The normalized spacial score (nSPS) is 10.3. The largest absolute Gasteiger partial charge is 0.481 e. The first-order valence-corrected chi connectivity index (χ1v) is 6.67. The van der Waals surface area contributed by atoms with Crippen LogP contribution < -0.4 is 4.74 Å². The van der Waals surface area contributed by atoms with Crippen molar-refractivity contribution in [3.63, 3.8) is 0 Å². The Hall–Kier alpha value is -1.45. The molecule has 0 fully saturated rings. The standard InChI is InChI=1S/C14H22N2O2/c1-3-4-5-6-7-8-9-13(17)12-10-14(18-2)16-11-15-12/h10-11H,3-9H2,1-2H3. The molecule has 1 rings (SSSR count). The number of rotatable bonds is 9. The molecule has 0 N–H and O–H groups in total. The molecule has 1 aromatic rings. The summed E-state index contributed by atoms with van der Waals surface area (Å²) in [5.74, 6) is 0.516. The Bertz CT molecular complexity index is 367. The Morgan fingerprint density at radius 3 is 2.61 bits per heavy atom. The zero-order valence-corrected chi connectivity index (χ0v) is 11.3. The maximum absolute atomic E-state index is 11.9. The second kappa shape index (κ2) is 8.61. The molecular formula is C14H22N2O2. The molecule has 0 bridgehead atoms. The lowest BCUT2D eigenvalue weighted by molar-refractivity contribution is 0.0973. The van der Waals surface area contributed by atoms with Crippen LogP contribution in [0, 0.1) is 0 Å². The molecule has 0 spiro atoms. The summed E-state index contributed by atoms with van der Waals surface area (Å²) in [5, 5.41) is 0. The van der Waals surface area contributed by atoms with E-state index in [1.807, 2.05) is 0 Å². The van der Waals surface area contributed by atoms with Crippen molar-refractivity contribution in [3.05, 3.63) is 18.1 Å². The summed E-state index contributed by atoms with van der Waals surface area (Å²) in [4.78, 5) is 19.7. The van der Waals surface area contributed by atoms with Gasteiger partial charge in [-0.1, -0.05) is 39.0 Å². The van der Waals surface area contributed by atoms with E-state index in [0.717, 1.165) is 12.8 Å². The van der Waals surface area contributed by atoms with Gasteiger partial charge in [-0.2, -0.15) is 0 Å². The third-order valence-electron chi connectivity index (χ3n) is 2.89. The first-order chi connectivity index (χ1) is 8.77. The van der Waals surface area contributed by atoms with Crippen molar-refractivity contribution in [1.29, 1.82) is 0 Å². The van der Waals surface area contributed by atoms with Crippen LogP contribution in [-0.4, -0.2) is 22.9 Å². The number of nitrogens with zero attached hydrogens (tertiary/aromatic N) is 2. The highest BCUT2D eigenvalue weighted by Gasteiger charge is 2.08. The third kappa shape index (κ3) is 5.25. The van der Waals surface area contributed by atoms with E-state index in [1.165, 1.54) is 39.1 Å². The average Bonchev–Trinajstić information content (AvgIpc) is 2.42. The minimum absolute atomic E-state index is 0.0752. The quantitative estimate of drug-likeness (QED) is 0.498. The second-order valence-electron chi connectivity index (χ2n) is 4.39. The number of hydrogen-bond donors (Lipinski definition) is 0. The zero-order valence-electron chi connectivity index (χ0n) is 11.3. The molecule has 0 amide bonds. The Labute approximate surface area is 109 Å². The van der Waals surface area contributed by atoms with Crippen molar-refractivity contribution < 1.29 is 9.53 Å².